The molecule has 0 aromatic rings. The number of aliphatic hydroxyl groups is 1. The number of aldehydes is 1. The Kier molecular flexibility index (Phi) is 5.83. The van der Waals surface area contributed by atoms with Crippen molar-refractivity contribution in [2.45, 2.75) is 69.9 Å². The molecule has 1 heterocycles. The summed E-state index contributed by atoms with van der Waals surface area (Å²) >= 11 is 0. The first kappa shape index (κ1) is 15.0. The summed E-state index contributed by atoms with van der Waals surface area (Å²) in [6, 6.07) is 0.831. The normalized spacial score (nSPS) is 39.1. The largest absolute Gasteiger partial charge is 0.400 e. The topological polar surface area (TPSA) is 49.3 Å². The number of rotatable bonds is 2. The van der Waals surface area contributed by atoms with E-state index in [0.29, 0.717) is 12.0 Å². The Morgan fingerprint density at radius 3 is 2.26 bits per heavy atom. The summed E-state index contributed by atoms with van der Waals surface area (Å²) in [5.41, 5.74) is 0. The van der Waals surface area contributed by atoms with Crippen molar-refractivity contribution in [3.05, 3.63) is 0 Å². The van der Waals surface area contributed by atoms with Crippen molar-refractivity contribution in [1.29, 1.82) is 0 Å². The fourth-order valence-corrected chi connectivity index (χ4v) is 4.74. The third-order valence-corrected chi connectivity index (χ3v) is 5.48. The van der Waals surface area contributed by atoms with Crippen LogP contribution >= 0.6 is 0 Å². The van der Waals surface area contributed by atoms with Crippen LogP contribution in [0.25, 0.3) is 0 Å². The monoisotopic (exact) mass is 267 g/mol. The molecule has 1 aliphatic heterocycles. The molecule has 4 unspecified atom stereocenters. The van der Waals surface area contributed by atoms with Crippen LogP contribution in [0.15, 0.2) is 0 Å². The number of hydrogen-bond acceptors (Lipinski definition) is 3. The summed E-state index contributed by atoms with van der Waals surface area (Å²) in [6.45, 7) is 0. The Hall–Kier alpha value is -0.410. The molecule has 3 fully saturated rings. The van der Waals surface area contributed by atoms with Crippen LogP contribution in [0.3, 0.4) is 0 Å². The zero-order chi connectivity index (χ0) is 13.7. The van der Waals surface area contributed by atoms with E-state index in [9.17, 15) is 4.79 Å². The highest BCUT2D eigenvalue weighted by Gasteiger charge is 2.46. The first-order chi connectivity index (χ1) is 9.40. The van der Waals surface area contributed by atoms with Crippen LogP contribution in [0.5, 0.6) is 0 Å². The third kappa shape index (κ3) is 3.19. The van der Waals surface area contributed by atoms with Gasteiger partial charge in [0.2, 0.25) is 0 Å². The van der Waals surface area contributed by atoms with Crippen molar-refractivity contribution in [2.24, 2.45) is 17.8 Å². The predicted molar refractivity (Wildman–Crippen MR) is 76.9 cm³/mol. The van der Waals surface area contributed by atoms with E-state index in [0.717, 1.165) is 18.9 Å². The molecule has 1 saturated heterocycles. The fourth-order valence-electron chi connectivity index (χ4n) is 4.74. The van der Waals surface area contributed by atoms with Crippen LogP contribution in [0.4, 0.5) is 0 Å². The average Bonchev–Trinajstić information content (AvgIpc) is 2.88. The highest BCUT2D eigenvalue weighted by molar-refractivity contribution is 5.59. The molecule has 110 valence electrons. The molecule has 0 bridgehead atoms. The zero-order valence-electron chi connectivity index (χ0n) is 12.2. The molecule has 3 rings (SSSR count). The first-order valence-electron chi connectivity index (χ1n) is 8.06. The molecule has 19 heavy (non-hydrogen) atoms. The summed E-state index contributed by atoms with van der Waals surface area (Å²) in [5.74, 6) is 2.31. The van der Waals surface area contributed by atoms with Gasteiger partial charge in [0.1, 0.15) is 6.29 Å². The maximum atomic E-state index is 11.3. The average molecular weight is 267 g/mol. The fraction of sp³-hybridized carbons (Fsp3) is 0.938. The van der Waals surface area contributed by atoms with Crippen molar-refractivity contribution < 1.29 is 9.90 Å². The number of fused-ring (bicyclic) bond motifs is 1. The summed E-state index contributed by atoms with van der Waals surface area (Å²) in [4.78, 5) is 11.3. The van der Waals surface area contributed by atoms with Gasteiger partial charge in [-0.3, -0.25) is 0 Å². The van der Waals surface area contributed by atoms with Gasteiger partial charge >= 0.3 is 0 Å². The van der Waals surface area contributed by atoms with Gasteiger partial charge in [-0.15, -0.1) is 0 Å². The Labute approximate surface area is 117 Å². The maximum Gasteiger partial charge on any atom is 0.137 e. The summed E-state index contributed by atoms with van der Waals surface area (Å²) in [5, 5.41) is 10.6. The van der Waals surface area contributed by atoms with Gasteiger partial charge in [-0.2, -0.15) is 0 Å². The molecule has 4 atom stereocenters. The van der Waals surface area contributed by atoms with E-state index in [1.807, 2.05) is 0 Å². The van der Waals surface area contributed by atoms with Crippen LogP contribution in [0, 0.1) is 17.8 Å². The SMILES string of the molecule is CO.O=CC1NC2CCCCC2C1C1CCCCC1. The second kappa shape index (κ2) is 7.39. The molecule has 0 aromatic carbocycles. The third-order valence-electron chi connectivity index (χ3n) is 5.48. The van der Waals surface area contributed by atoms with Gasteiger partial charge in [0.15, 0.2) is 0 Å². The molecule has 3 nitrogen and oxygen atoms in total. The number of nitrogens with one attached hydrogen (secondary N) is 1. The first-order valence-corrected chi connectivity index (χ1v) is 8.06. The Balaban J connectivity index is 0.000000637. The lowest BCUT2D eigenvalue weighted by Crippen LogP contribution is -2.35. The van der Waals surface area contributed by atoms with E-state index in [2.05, 4.69) is 5.32 Å². The van der Waals surface area contributed by atoms with E-state index in [1.165, 1.54) is 64.1 Å². The maximum absolute atomic E-state index is 11.3. The molecule has 0 spiro atoms. The smallest absolute Gasteiger partial charge is 0.137 e. The number of aliphatic hydroxyl groups excluding tert-OH is 1. The van der Waals surface area contributed by atoms with E-state index in [1.54, 1.807) is 0 Å². The summed E-state index contributed by atoms with van der Waals surface area (Å²) in [6.07, 6.45) is 13.6. The van der Waals surface area contributed by atoms with E-state index in [4.69, 9.17) is 5.11 Å². The van der Waals surface area contributed by atoms with Gasteiger partial charge in [0, 0.05) is 13.2 Å². The Morgan fingerprint density at radius 2 is 1.58 bits per heavy atom. The lowest BCUT2D eigenvalue weighted by atomic mass is 9.68. The molecular formula is C16H29NO2. The van der Waals surface area contributed by atoms with Crippen molar-refractivity contribution >= 4 is 6.29 Å². The van der Waals surface area contributed by atoms with E-state index >= 15 is 0 Å². The van der Waals surface area contributed by atoms with E-state index in [-0.39, 0.29) is 6.04 Å². The van der Waals surface area contributed by atoms with Gasteiger partial charge in [-0.1, -0.05) is 44.9 Å². The minimum absolute atomic E-state index is 0.172. The van der Waals surface area contributed by atoms with E-state index < -0.39 is 0 Å². The molecule has 3 heteroatoms. The quantitative estimate of drug-likeness (QED) is 0.756. The molecule has 0 radical (unpaired) electrons. The van der Waals surface area contributed by atoms with Crippen molar-refractivity contribution in [3.8, 4) is 0 Å². The predicted octanol–water partition coefficient (Wildman–Crippen LogP) is 2.52. The number of carbonyl (C=O) groups is 1. The minimum atomic E-state index is 0.172. The van der Waals surface area contributed by atoms with Crippen LogP contribution in [-0.2, 0) is 4.79 Å². The minimum Gasteiger partial charge on any atom is -0.400 e. The zero-order valence-corrected chi connectivity index (χ0v) is 12.2. The highest BCUT2D eigenvalue weighted by Crippen LogP contribution is 2.45. The van der Waals surface area contributed by atoms with Crippen LogP contribution in [-0.4, -0.2) is 30.6 Å². The molecule has 2 saturated carbocycles. The van der Waals surface area contributed by atoms with Gasteiger partial charge < -0.3 is 15.2 Å². The summed E-state index contributed by atoms with van der Waals surface area (Å²) in [7, 11) is 1.00. The molecule has 2 N–H and O–H groups in total. The molecule has 0 aromatic heterocycles. The molecule has 0 amide bonds. The Bertz CT molecular complexity index is 276. The van der Waals surface area contributed by atoms with Crippen molar-refractivity contribution in [1.82, 2.24) is 5.32 Å². The standard InChI is InChI=1S/C15H25NO.CH4O/c17-10-14-15(11-6-2-1-3-7-11)12-8-4-5-9-13(12)16-14;1-2/h10-16H,1-9H2;2H,1H3. The lowest BCUT2D eigenvalue weighted by Gasteiger charge is -2.35. The van der Waals surface area contributed by atoms with Gasteiger partial charge in [0.25, 0.3) is 0 Å². The molecule has 2 aliphatic carbocycles. The number of hydrogen-bond donors (Lipinski definition) is 2. The second-order valence-electron chi connectivity index (χ2n) is 6.36. The molecular weight excluding hydrogens is 238 g/mol. The van der Waals surface area contributed by atoms with Gasteiger partial charge in [0.05, 0.1) is 6.04 Å². The highest BCUT2D eigenvalue weighted by atomic mass is 16.2. The van der Waals surface area contributed by atoms with Crippen LogP contribution in [0.2, 0.25) is 0 Å². The Morgan fingerprint density at radius 1 is 0.947 bits per heavy atom. The van der Waals surface area contributed by atoms with Crippen LogP contribution in [0.1, 0.15) is 57.8 Å². The van der Waals surface area contributed by atoms with Gasteiger partial charge in [-0.05, 0) is 30.6 Å². The second-order valence-corrected chi connectivity index (χ2v) is 6.36. The number of carbonyl (C=O) groups excluding carboxylic acids is 1. The van der Waals surface area contributed by atoms with Crippen molar-refractivity contribution in [3.63, 3.8) is 0 Å². The lowest BCUT2D eigenvalue weighted by molar-refractivity contribution is -0.110. The van der Waals surface area contributed by atoms with Crippen molar-refractivity contribution in [2.75, 3.05) is 7.11 Å². The van der Waals surface area contributed by atoms with Crippen LogP contribution < -0.4 is 5.32 Å². The van der Waals surface area contributed by atoms with Gasteiger partial charge in [-0.25, -0.2) is 0 Å². The molecule has 3 aliphatic rings. The summed E-state index contributed by atoms with van der Waals surface area (Å²) < 4.78 is 0.